The summed E-state index contributed by atoms with van der Waals surface area (Å²) >= 11 is 0. The molecule has 0 spiro atoms. The van der Waals surface area contributed by atoms with Crippen LogP contribution >= 0.6 is 0 Å². The molecule has 1 atom stereocenters. The molecule has 0 aromatic carbocycles. The summed E-state index contributed by atoms with van der Waals surface area (Å²) in [7, 11) is 4.06. The number of hydrogen-bond acceptors (Lipinski definition) is 3. The highest BCUT2D eigenvalue weighted by Crippen LogP contribution is 2.29. The van der Waals surface area contributed by atoms with Crippen LogP contribution in [0.1, 0.15) is 39.5 Å². The van der Waals surface area contributed by atoms with E-state index in [4.69, 9.17) is 5.73 Å². The number of nitrogens with one attached hydrogen (secondary N) is 1. The number of carbonyl (C=O) groups excluding carboxylic acids is 1. The molecule has 100 valence electrons. The van der Waals surface area contributed by atoms with E-state index in [0.29, 0.717) is 5.92 Å². The topological polar surface area (TPSA) is 58.4 Å². The smallest absolute Gasteiger partial charge is 0.240 e. The normalized spacial score (nSPS) is 20.2. The molecule has 3 N–H and O–H groups in total. The van der Waals surface area contributed by atoms with Crippen molar-refractivity contribution in [2.45, 2.75) is 51.1 Å². The van der Waals surface area contributed by atoms with Gasteiger partial charge in [-0.15, -0.1) is 0 Å². The van der Waals surface area contributed by atoms with Crippen LogP contribution in [-0.2, 0) is 4.79 Å². The Morgan fingerprint density at radius 1 is 1.41 bits per heavy atom. The van der Waals surface area contributed by atoms with Crippen molar-refractivity contribution in [1.82, 2.24) is 10.2 Å². The molecule has 0 aliphatic heterocycles. The summed E-state index contributed by atoms with van der Waals surface area (Å²) in [5, 5.41) is 3.12. The maximum absolute atomic E-state index is 12.1. The Morgan fingerprint density at radius 2 is 2.00 bits per heavy atom. The van der Waals surface area contributed by atoms with Gasteiger partial charge in [-0.3, -0.25) is 4.79 Å². The van der Waals surface area contributed by atoms with E-state index in [1.165, 1.54) is 0 Å². The maximum atomic E-state index is 12.1. The zero-order valence-electron chi connectivity index (χ0n) is 11.6. The van der Waals surface area contributed by atoms with E-state index in [1.54, 1.807) is 0 Å². The van der Waals surface area contributed by atoms with E-state index < -0.39 is 5.54 Å². The third-order valence-corrected chi connectivity index (χ3v) is 3.37. The van der Waals surface area contributed by atoms with E-state index in [9.17, 15) is 4.79 Å². The second kappa shape index (κ2) is 5.83. The quantitative estimate of drug-likeness (QED) is 0.728. The molecule has 1 rings (SSSR count). The summed E-state index contributed by atoms with van der Waals surface area (Å²) < 4.78 is 0. The molecule has 4 heteroatoms. The molecule has 1 fully saturated rings. The first-order valence-electron chi connectivity index (χ1n) is 6.58. The van der Waals surface area contributed by atoms with Crippen LogP contribution in [0.2, 0.25) is 0 Å². The third-order valence-electron chi connectivity index (χ3n) is 3.37. The summed E-state index contributed by atoms with van der Waals surface area (Å²) in [6, 6.07) is 0.207. The maximum Gasteiger partial charge on any atom is 0.240 e. The summed E-state index contributed by atoms with van der Waals surface area (Å²) in [5.74, 6) is 0.617. The van der Waals surface area contributed by atoms with E-state index in [1.807, 2.05) is 14.1 Å². The predicted octanol–water partition coefficient (Wildman–Crippen LogP) is 0.960. The van der Waals surface area contributed by atoms with Crippen molar-refractivity contribution in [2.75, 3.05) is 20.6 Å². The first kappa shape index (κ1) is 14.5. The molecule has 4 nitrogen and oxygen atoms in total. The first-order chi connectivity index (χ1) is 7.83. The minimum absolute atomic E-state index is 0.0382. The monoisotopic (exact) mass is 241 g/mol. The molecule has 0 aromatic rings. The number of nitrogens with zero attached hydrogens (tertiary/aromatic N) is 1. The third kappa shape index (κ3) is 4.28. The van der Waals surface area contributed by atoms with Crippen molar-refractivity contribution in [1.29, 1.82) is 0 Å². The van der Waals surface area contributed by atoms with Crippen molar-refractivity contribution in [3.8, 4) is 0 Å². The minimum Gasteiger partial charge on any atom is -0.350 e. The Balaban J connectivity index is 2.49. The van der Waals surface area contributed by atoms with Gasteiger partial charge in [0.25, 0.3) is 0 Å². The highest BCUT2D eigenvalue weighted by molar-refractivity contribution is 5.87. The van der Waals surface area contributed by atoms with Gasteiger partial charge >= 0.3 is 0 Å². The van der Waals surface area contributed by atoms with Gasteiger partial charge in [0.05, 0.1) is 5.54 Å². The highest BCUT2D eigenvalue weighted by Gasteiger charge is 2.40. The van der Waals surface area contributed by atoms with Crippen LogP contribution < -0.4 is 11.1 Å². The molecule has 0 saturated heterocycles. The Morgan fingerprint density at radius 3 is 2.35 bits per heavy atom. The molecule has 17 heavy (non-hydrogen) atoms. The zero-order chi connectivity index (χ0) is 13.1. The van der Waals surface area contributed by atoms with Gasteiger partial charge in [-0.25, -0.2) is 0 Å². The van der Waals surface area contributed by atoms with Crippen molar-refractivity contribution < 1.29 is 4.79 Å². The molecule has 0 radical (unpaired) electrons. The van der Waals surface area contributed by atoms with Crippen LogP contribution in [-0.4, -0.2) is 43.0 Å². The molecule has 1 saturated carbocycles. The van der Waals surface area contributed by atoms with E-state index in [-0.39, 0.29) is 11.9 Å². The molecule has 1 aliphatic carbocycles. The van der Waals surface area contributed by atoms with Crippen molar-refractivity contribution in [2.24, 2.45) is 11.7 Å². The predicted molar refractivity (Wildman–Crippen MR) is 70.7 cm³/mol. The molecule has 0 heterocycles. The van der Waals surface area contributed by atoms with Crippen LogP contribution in [0.4, 0.5) is 0 Å². The summed E-state index contributed by atoms with van der Waals surface area (Å²) in [4.78, 5) is 14.2. The van der Waals surface area contributed by atoms with Crippen LogP contribution in [0.25, 0.3) is 0 Å². The van der Waals surface area contributed by atoms with Gasteiger partial charge in [0.2, 0.25) is 5.91 Å². The molecule has 1 unspecified atom stereocenters. The highest BCUT2D eigenvalue weighted by atomic mass is 16.2. The second-order valence-corrected chi connectivity index (χ2v) is 6.07. The molecule has 0 aromatic heterocycles. The van der Waals surface area contributed by atoms with Gasteiger partial charge in [0, 0.05) is 12.6 Å². The van der Waals surface area contributed by atoms with Gasteiger partial charge < -0.3 is 16.0 Å². The fourth-order valence-corrected chi connectivity index (χ4v) is 2.30. The molecule has 0 bridgehead atoms. The van der Waals surface area contributed by atoms with Gasteiger partial charge in [0.1, 0.15) is 0 Å². The minimum atomic E-state index is -0.582. The number of hydrogen-bond donors (Lipinski definition) is 2. The van der Waals surface area contributed by atoms with Crippen molar-refractivity contribution in [3.05, 3.63) is 0 Å². The summed E-state index contributed by atoms with van der Waals surface area (Å²) in [6.07, 6.45) is 3.73. The van der Waals surface area contributed by atoms with E-state index in [2.05, 4.69) is 24.1 Å². The summed E-state index contributed by atoms with van der Waals surface area (Å²) in [6.45, 7) is 5.23. The van der Waals surface area contributed by atoms with Crippen LogP contribution in [0.5, 0.6) is 0 Å². The Hall–Kier alpha value is -0.610. The molecule has 1 amide bonds. The molecular formula is C13H27N3O. The average Bonchev–Trinajstić information content (AvgIpc) is 2.11. The lowest BCUT2D eigenvalue weighted by molar-refractivity contribution is -0.130. The number of rotatable bonds is 6. The fourth-order valence-electron chi connectivity index (χ4n) is 2.30. The zero-order valence-corrected chi connectivity index (χ0v) is 11.6. The van der Waals surface area contributed by atoms with Gasteiger partial charge in [-0.1, -0.05) is 13.8 Å². The Kier molecular flexibility index (Phi) is 4.95. The number of likely N-dealkylation sites (N-methyl/N-ethyl adjacent to an activating group) is 1. The fraction of sp³-hybridized carbons (Fsp3) is 0.923. The second-order valence-electron chi connectivity index (χ2n) is 6.07. The first-order valence-corrected chi connectivity index (χ1v) is 6.58. The van der Waals surface area contributed by atoms with E-state index >= 15 is 0 Å². The van der Waals surface area contributed by atoms with Gasteiger partial charge in [-0.05, 0) is 45.7 Å². The number of amides is 1. The molecule has 1 aliphatic rings. The Bertz CT molecular complexity index is 249. The number of carbonyl (C=O) groups is 1. The van der Waals surface area contributed by atoms with Crippen molar-refractivity contribution >= 4 is 5.91 Å². The van der Waals surface area contributed by atoms with Gasteiger partial charge in [-0.2, -0.15) is 0 Å². The average molecular weight is 241 g/mol. The van der Waals surface area contributed by atoms with Crippen LogP contribution in [0, 0.1) is 5.92 Å². The summed E-state index contributed by atoms with van der Waals surface area (Å²) in [5.41, 5.74) is 5.45. The number of nitrogens with two attached hydrogens (primary N) is 1. The lowest BCUT2D eigenvalue weighted by Crippen LogP contribution is -2.61. The van der Waals surface area contributed by atoms with Crippen molar-refractivity contribution in [3.63, 3.8) is 0 Å². The van der Waals surface area contributed by atoms with Crippen LogP contribution in [0.3, 0.4) is 0 Å². The SMILES string of the molecule is CC(C)CC(CN(C)C)NC(=O)C1(N)CCC1. The largest absolute Gasteiger partial charge is 0.350 e. The van der Waals surface area contributed by atoms with Crippen LogP contribution in [0.15, 0.2) is 0 Å². The molecular weight excluding hydrogens is 214 g/mol. The van der Waals surface area contributed by atoms with E-state index in [0.717, 1.165) is 32.2 Å². The Labute approximate surface area is 105 Å². The van der Waals surface area contributed by atoms with Gasteiger partial charge in [0.15, 0.2) is 0 Å². The standard InChI is InChI=1S/C13H27N3O/c1-10(2)8-11(9-16(3)4)15-12(17)13(14)6-5-7-13/h10-11H,5-9,14H2,1-4H3,(H,15,17). The lowest BCUT2D eigenvalue weighted by Gasteiger charge is -2.38. The lowest BCUT2D eigenvalue weighted by atomic mass is 9.77.